The monoisotopic (exact) mass is 264 g/mol. The molecule has 0 saturated carbocycles. The average molecular weight is 264 g/mol. The van der Waals surface area contributed by atoms with E-state index in [-0.39, 0.29) is 6.04 Å². The van der Waals surface area contributed by atoms with E-state index in [0.29, 0.717) is 17.7 Å². The van der Waals surface area contributed by atoms with Crippen LogP contribution in [0, 0.1) is 11.6 Å². The van der Waals surface area contributed by atoms with E-state index >= 15 is 0 Å². The van der Waals surface area contributed by atoms with E-state index in [2.05, 4.69) is 10.5 Å². The molecule has 18 heavy (non-hydrogen) atoms. The van der Waals surface area contributed by atoms with Gasteiger partial charge in [-0.1, -0.05) is 6.07 Å². The maximum absolute atomic E-state index is 13.6. The zero-order valence-corrected chi connectivity index (χ0v) is 10.2. The lowest BCUT2D eigenvalue weighted by atomic mass is 10.0. The van der Waals surface area contributed by atoms with Crippen LogP contribution < -0.4 is 5.43 Å². The molecule has 0 bridgehead atoms. The van der Waals surface area contributed by atoms with Gasteiger partial charge in [0.1, 0.15) is 11.6 Å². The number of nitrogens with zero attached hydrogens (tertiary/aromatic N) is 1. The van der Waals surface area contributed by atoms with Crippen LogP contribution in [0.1, 0.15) is 22.9 Å². The second-order valence-electron chi connectivity index (χ2n) is 4.08. The van der Waals surface area contributed by atoms with Crippen molar-refractivity contribution in [3.8, 4) is 0 Å². The number of nitrogens with one attached hydrogen (secondary N) is 1. The van der Waals surface area contributed by atoms with Crippen LogP contribution in [0.3, 0.4) is 0 Å². The van der Waals surface area contributed by atoms with Crippen molar-refractivity contribution in [2.45, 2.75) is 12.5 Å². The standard InChI is InChI=1S/C13H10F2N2S/c14-8-3-4-9(10(15)6-8)11-7-12(17-16-11)13-2-1-5-18-13/h1-6,12,17H,7H2. The van der Waals surface area contributed by atoms with Gasteiger partial charge in [-0.25, -0.2) is 8.78 Å². The first-order valence-electron chi connectivity index (χ1n) is 5.55. The van der Waals surface area contributed by atoms with Crippen molar-refractivity contribution in [3.05, 3.63) is 57.8 Å². The number of rotatable bonds is 2. The Bertz CT molecular complexity index is 593. The number of hydrogen-bond donors (Lipinski definition) is 1. The zero-order chi connectivity index (χ0) is 12.5. The minimum atomic E-state index is -0.572. The molecule has 1 N–H and O–H groups in total. The minimum Gasteiger partial charge on any atom is -0.301 e. The number of hydrazone groups is 1. The Morgan fingerprint density at radius 1 is 1.28 bits per heavy atom. The van der Waals surface area contributed by atoms with Gasteiger partial charge in [0.2, 0.25) is 0 Å². The van der Waals surface area contributed by atoms with Crippen molar-refractivity contribution in [3.63, 3.8) is 0 Å². The van der Waals surface area contributed by atoms with E-state index in [1.807, 2.05) is 17.5 Å². The van der Waals surface area contributed by atoms with Crippen LogP contribution in [0.2, 0.25) is 0 Å². The third-order valence-corrected chi connectivity index (χ3v) is 3.87. The van der Waals surface area contributed by atoms with Gasteiger partial charge in [0.25, 0.3) is 0 Å². The van der Waals surface area contributed by atoms with Crippen LogP contribution >= 0.6 is 11.3 Å². The predicted molar refractivity (Wildman–Crippen MR) is 67.7 cm³/mol. The number of halogens is 2. The summed E-state index contributed by atoms with van der Waals surface area (Å²) < 4.78 is 26.5. The van der Waals surface area contributed by atoms with Crippen molar-refractivity contribution < 1.29 is 8.78 Å². The Morgan fingerprint density at radius 2 is 2.17 bits per heavy atom. The molecule has 2 nitrogen and oxygen atoms in total. The van der Waals surface area contributed by atoms with Crippen molar-refractivity contribution in [1.82, 2.24) is 5.43 Å². The summed E-state index contributed by atoms with van der Waals surface area (Å²) in [6.45, 7) is 0. The van der Waals surface area contributed by atoms with E-state index in [1.165, 1.54) is 12.1 Å². The van der Waals surface area contributed by atoms with Gasteiger partial charge in [-0.2, -0.15) is 5.10 Å². The fourth-order valence-electron chi connectivity index (χ4n) is 1.99. The molecule has 0 saturated heterocycles. The van der Waals surface area contributed by atoms with E-state index in [1.54, 1.807) is 11.3 Å². The fraction of sp³-hybridized carbons (Fsp3) is 0.154. The Labute approximate surface area is 107 Å². The zero-order valence-electron chi connectivity index (χ0n) is 9.36. The summed E-state index contributed by atoms with van der Waals surface area (Å²) in [5, 5.41) is 6.14. The summed E-state index contributed by atoms with van der Waals surface area (Å²) in [4.78, 5) is 1.16. The van der Waals surface area contributed by atoms with Gasteiger partial charge in [-0.15, -0.1) is 11.3 Å². The van der Waals surface area contributed by atoms with Gasteiger partial charge in [0, 0.05) is 22.9 Å². The van der Waals surface area contributed by atoms with Crippen LogP contribution in [0.25, 0.3) is 0 Å². The highest BCUT2D eigenvalue weighted by atomic mass is 32.1. The lowest BCUT2D eigenvalue weighted by molar-refractivity contribution is 0.581. The lowest BCUT2D eigenvalue weighted by Crippen LogP contribution is -2.08. The summed E-state index contributed by atoms with van der Waals surface area (Å²) in [5.74, 6) is -1.14. The van der Waals surface area contributed by atoms with Crippen LogP contribution in [-0.2, 0) is 0 Å². The minimum absolute atomic E-state index is 0.0875. The normalized spacial score (nSPS) is 18.6. The molecule has 5 heteroatoms. The van der Waals surface area contributed by atoms with Crippen molar-refractivity contribution >= 4 is 17.0 Å². The third-order valence-electron chi connectivity index (χ3n) is 2.88. The van der Waals surface area contributed by atoms with E-state index in [0.717, 1.165) is 10.9 Å². The number of hydrogen-bond acceptors (Lipinski definition) is 3. The molecule has 0 spiro atoms. The molecule has 1 aromatic heterocycles. The van der Waals surface area contributed by atoms with Crippen molar-refractivity contribution in [1.29, 1.82) is 0 Å². The lowest BCUT2D eigenvalue weighted by Gasteiger charge is -2.06. The highest BCUT2D eigenvalue weighted by Crippen LogP contribution is 2.28. The van der Waals surface area contributed by atoms with Gasteiger partial charge in [-0.05, 0) is 23.6 Å². The molecule has 3 rings (SSSR count). The summed E-state index contributed by atoms with van der Waals surface area (Å²) >= 11 is 1.63. The van der Waals surface area contributed by atoms with Crippen LogP contribution in [0.5, 0.6) is 0 Å². The maximum atomic E-state index is 13.6. The van der Waals surface area contributed by atoms with Gasteiger partial charge in [-0.3, -0.25) is 0 Å². The molecule has 92 valence electrons. The molecule has 0 fully saturated rings. The first-order chi connectivity index (χ1) is 8.74. The van der Waals surface area contributed by atoms with Gasteiger partial charge in [0.15, 0.2) is 0 Å². The molecule has 2 aromatic rings. The van der Waals surface area contributed by atoms with Gasteiger partial charge >= 0.3 is 0 Å². The Morgan fingerprint density at radius 3 is 2.89 bits per heavy atom. The molecule has 1 atom stereocenters. The molecule has 1 unspecified atom stereocenters. The fourth-order valence-corrected chi connectivity index (χ4v) is 2.76. The first-order valence-corrected chi connectivity index (χ1v) is 6.43. The van der Waals surface area contributed by atoms with E-state index in [9.17, 15) is 8.78 Å². The van der Waals surface area contributed by atoms with Crippen LogP contribution in [0.15, 0.2) is 40.8 Å². The topological polar surface area (TPSA) is 24.4 Å². The molecule has 1 aliphatic rings. The molecule has 1 aliphatic heterocycles. The van der Waals surface area contributed by atoms with E-state index < -0.39 is 11.6 Å². The maximum Gasteiger partial charge on any atom is 0.135 e. The molecule has 1 aromatic carbocycles. The highest BCUT2D eigenvalue weighted by molar-refractivity contribution is 7.10. The van der Waals surface area contributed by atoms with Gasteiger partial charge in [0.05, 0.1) is 11.8 Å². The molecule has 0 radical (unpaired) electrons. The summed E-state index contributed by atoms with van der Waals surface area (Å²) in [6.07, 6.45) is 0.614. The van der Waals surface area contributed by atoms with Crippen LogP contribution in [0.4, 0.5) is 8.78 Å². The smallest absolute Gasteiger partial charge is 0.135 e. The molecule has 0 aliphatic carbocycles. The molecular weight excluding hydrogens is 254 g/mol. The third kappa shape index (κ3) is 2.01. The molecule has 0 amide bonds. The summed E-state index contributed by atoms with van der Waals surface area (Å²) in [7, 11) is 0. The summed E-state index contributed by atoms with van der Waals surface area (Å²) in [6, 6.07) is 7.64. The Kier molecular flexibility index (Phi) is 2.83. The van der Waals surface area contributed by atoms with E-state index in [4.69, 9.17) is 0 Å². The first kappa shape index (κ1) is 11.3. The van der Waals surface area contributed by atoms with Crippen LogP contribution in [-0.4, -0.2) is 5.71 Å². The second kappa shape index (κ2) is 4.49. The quantitative estimate of drug-likeness (QED) is 0.882. The number of benzene rings is 1. The predicted octanol–water partition coefficient (Wildman–Crippen LogP) is 3.47. The molecule has 2 heterocycles. The average Bonchev–Trinajstić information content (AvgIpc) is 2.99. The van der Waals surface area contributed by atoms with Gasteiger partial charge < -0.3 is 5.43 Å². The highest BCUT2D eigenvalue weighted by Gasteiger charge is 2.23. The molecular formula is C13H10F2N2S. The Hall–Kier alpha value is -1.75. The largest absolute Gasteiger partial charge is 0.301 e. The van der Waals surface area contributed by atoms with Crippen molar-refractivity contribution in [2.75, 3.05) is 0 Å². The number of thiophene rings is 1. The second-order valence-corrected chi connectivity index (χ2v) is 5.06. The SMILES string of the molecule is Fc1ccc(C2=NNC(c3cccs3)C2)c(F)c1. The Balaban J connectivity index is 1.83. The summed E-state index contributed by atoms with van der Waals surface area (Å²) in [5.41, 5.74) is 3.98. The van der Waals surface area contributed by atoms with Crippen molar-refractivity contribution in [2.24, 2.45) is 5.10 Å².